The van der Waals surface area contributed by atoms with E-state index >= 15 is 0 Å². The molecule has 7 heterocycles. The van der Waals surface area contributed by atoms with Crippen molar-refractivity contribution in [3.63, 3.8) is 0 Å². The number of anilines is 4. The molecule has 3 N–H and O–H groups in total. The molecule has 0 unspecified atom stereocenters. The van der Waals surface area contributed by atoms with Crippen molar-refractivity contribution in [2.75, 3.05) is 27.0 Å². The molecule has 2 aliphatic heterocycles. The predicted octanol–water partition coefficient (Wildman–Crippen LogP) is 7.45. The minimum atomic E-state index is -3.72. The number of thiazole rings is 3. The van der Waals surface area contributed by atoms with E-state index in [-0.39, 0.29) is 28.1 Å². The van der Waals surface area contributed by atoms with Crippen LogP contribution in [0.25, 0.3) is 21.5 Å². The van der Waals surface area contributed by atoms with Gasteiger partial charge in [-0.15, -0.1) is 34.0 Å². The van der Waals surface area contributed by atoms with Gasteiger partial charge in [0, 0.05) is 46.7 Å². The Morgan fingerprint density at radius 2 is 1.70 bits per heavy atom. The Balaban J connectivity index is 0.797. The van der Waals surface area contributed by atoms with Gasteiger partial charge in [-0.3, -0.25) is 34.5 Å². The third-order valence-electron chi connectivity index (χ3n) is 9.82. The molecule has 22 heteroatoms. The van der Waals surface area contributed by atoms with Gasteiger partial charge in [0.15, 0.2) is 16.5 Å². The van der Waals surface area contributed by atoms with Crippen LogP contribution in [0.3, 0.4) is 0 Å². The summed E-state index contributed by atoms with van der Waals surface area (Å²) in [6.45, 7) is 1.27. The van der Waals surface area contributed by atoms with Crippen LogP contribution in [0.15, 0.2) is 128 Å². The van der Waals surface area contributed by atoms with Crippen LogP contribution < -0.4 is 20.5 Å². The monoisotopic (exact) mass is 930 g/mol. The summed E-state index contributed by atoms with van der Waals surface area (Å²) < 4.78 is 30.6. The highest BCUT2D eigenvalue weighted by Gasteiger charge is 2.36. The molecule has 3 amide bonds. The molecule has 5 aromatic heterocycles. The standard InChI is InChI=1S/C41H30N12O5S5/c54-36(45-40-43-29-14-13-27(20-32(29)62-40)50-63(57,58)33-8-4-18-59-33)30-21-28-22-51(16-5-17-52(28)48-30)37(55)26-11-9-24(10-12-26)31-23-61-41(44-31)53-38(56)35(46-47-39-42-15-19-60-39)34(49-53)25-6-2-1-3-7-25/h1-4,6-15,18-21,23,50H,5,16-17,22H2,(H,42,47)(H,43,45,54)/b46-35+. The van der Waals surface area contributed by atoms with Gasteiger partial charge in [-0.25, -0.2) is 23.4 Å². The number of fused-ring (bicyclic) bond motifs is 2. The molecule has 10 rings (SSSR count). The maximum atomic E-state index is 13.8. The van der Waals surface area contributed by atoms with Gasteiger partial charge in [-0.2, -0.15) is 20.3 Å². The quantitative estimate of drug-likeness (QED) is 0.109. The van der Waals surface area contributed by atoms with Gasteiger partial charge in [0.25, 0.3) is 21.8 Å². The zero-order valence-corrected chi connectivity index (χ0v) is 36.5. The SMILES string of the molecule is O=C(Nc1nc2ccc(NS(=O)(=O)c3cccs3)cc2s1)c1cc2n(n1)CCCN(C(=O)c1ccc(-c3csc(N4N=C(c5ccccc5)/C(=N\Nc5nccs5)C4=O)n3)cc1)C2. The Bertz CT molecular complexity index is 3200. The van der Waals surface area contributed by atoms with Crippen LogP contribution in [0.5, 0.6) is 0 Å². The number of nitrogens with one attached hydrogen (secondary N) is 3. The number of rotatable bonds is 11. The first-order valence-corrected chi connectivity index (χ1v) is 24.0. The van der Waals surface area contributed by atoms with Crippen molar-refractivity contribution in [3.05, 3.63) is 136 Å². The van der Waals surface area contributed by atoms with E-state index < -0.39 is 21.8 Å². The molecule has 0 saturated heterocycles. The first-order valence-electron chi connectivity index (χ1n) is 19.1. The third kappa shape index (κ3) is 8.24. The van der Waals surface area contributed by atoms with Crippen molar-refractivity contribution in [1.82, 2.24) is 29.6 Å². The lowest BCUT2D eigenvalue weighted by atomic mass is 10.1. The number of sulfonamides is 1. The molecule has 0 saturated carbocycles. The number of thiophene rings is 1. The number of benzene rings is 3. The second-order valence-electron chi connectivity index (χ2n) is 14.0. The Morgan fingerprint density at radius 1 is 0.841 bits per heavy atom. The zero-order chi connectivity index (χ0) is 43.1. The molecule has 3 aromatic carbocycles. The van der Waals surface area contributed by atoms with E-state index in [1.807, 2.05) is 47.8 Å². The molecule has 63 heavy (non-hydrogen) atoms. The number of carbonyl (C=O) groups is 3. The van der Waals surface area contributed by atoms with Crippen LogP contribution in [0.2, 0.25) is 0 Å². The lowest BCUT2D eigenvalue weighted by Crippen LogP contribution is -2.30. The number of aromatic nitrogens is 5. The topological polar surface area (TPSA) is 209 Å². The predicted molar refractivity (Wildman–Crippen MR) is 245 cm³/mol. The summed E-state index contributed by atoms with van der Waals surface area (Å²) in [6.07, 6.45) is 2.28. The average Bonchev–Trinajstić information content (AvgIpc) is 4.16. The van der Waals surface area contributed by atoms with E-state index in [4.69, 9.17) is 4.98 Å². The fourth-order valence-electron chi connectivity index (χ4n) is 6.83. The van der Waals surface area contributed by atoms with E-state index in [1.54, 1.807) is 69.0 Å². The smallest absolute Gasteiger partial charge is 0.303 e. The van der Waals surface area contributed by atoms with Gasteiger partial charge in [-0.1, -0.05) is 59.9 Å². The maximum absolute atomic E-state index is 13.8. The van der Waals surface area contributed by atoms with Crippen molar-refractivity contribution in [2.24, 2.45) is 10.2 Å². The molecule has 0 spiro atoms. The Kier molecular flexibility index (Phi) is 10.6. The highest BCUT2D eigenvalue weighted by molar-refractivity contribution is 7.94. The van der Waals surface area contributed by atoms with Crippen molar-refractivity contribution in [2.45, 2.75) is 23.7 Å². The number of hydrogen-bond acceptors (Lipinski definition) is 16. The summed E-state index contributed by atoms with van der Waals surface area (Å²) in [5.41, 5.74) is 7.85. The molecule has 0 atom stereocenters. The molecule has 0 radical (unpaired) electrons. The number of hydrogen-bond donors (Lipinski definition) is 3. The van der Waals surface area contributed by atoms with Crippen molar-refractivity contribution in [3.8, 4) is 11.3 Å². The van der Waals surface area contributed by atoms with Crippen LogP contribution >= 0.6 is 45.3 Å². The second kappa shape index (κ2) is 16.7. The van der Waals surface area contributed by atoms with Crippen LogP contribution in [0, 0.1) is 0 Å². The number of aryl methyl sites for hydroxylation is 1. The van der Waals surface area contributed by atoms with E-state index in [0.29, 0.717) is 73.5 Å². The fourth-order valence-corrected chi connectivity index (χ4v) is 11.0. The summed E-state index contributed by atoms with van der Waals surface area (Å²) in [5, 5.41) is 24.2. The molecule has 314 valence electrons. The average molecular weight is 931 g/mol. The first kappa shape index (κ1) is 40.1. The lowest BCUT2D eigenvalue weighted by molar-refractivity contribution is -0.112. The largest absolute Gasteiger partial charge is 0.333 e. The Labute approximate surface area is 374 Å². The van der Waals surface area contributed by atoms with E-state index in [9.17, 15) is 22.8 Å². The molecule has 0 fully saturated rings. The summed E-state index contributed by atoms with van der Waals surface area (Å²) in [7, 11) is -3.72. The summed E-state index contributed by atoms with van der Waals surface area (Å²) in [5.74, 6) is -1.06. The van der Waals surface area contributed by atoms with E-state index in [2.05, 4.69) is 40.7 Å². The summed E-state index contributed by atoms with van der Waals surface area (Å²) >= 11 is 4.95. The normalized spacial score (nSPS) is 14.8. The van der Waals surface area contributed by atoms with Crippen LogP contribution in [0.1, 0.15) is 38.5 Å². The molecular weight excluding hydrogens is 901 g/mol. The number of nitrogens with zero attached hydrogens (tertiary/aromatic N) is 9. The Hall–Kier alpha value is -6.98. The van der Waals surface area contributed by atoms with E-state index in [1.165, 1.54) is 45.1 Å². The molecule has 0 bridgehead atoms. The van der Waals surface area contributed by atoms with Gasteiger partial charge < -0.3 is 4.90 Å². The summed E-state index contributed by atoms with van der Waals surface area (Å²) in [4.78, 5) is 56.0. The maximum Gasteiger partial charge on any atom is 0.303 e. The van der Waals surface area contributed by atoms with Crippen LogP contribution in [-0.4, -0.2) is 73.7 Å². The summed E-state index contributed by atoms with van der Waals surface area (Å²) in [6, 6.07) is 26.3. The first-order chi connectivity index (χ1) is 30.6. The van der Waals surface area contributed by atoms with Crippen molar-refractivity contribution in [1.29, 1.82) is 0 Å². The third-order valence-corrected chi connectivity index (χ3v) is 15.0. The molecule has 2 aliphatic rings. The van der Waals surface area contributed by atoms with Gasteiger partial charge >= 0.3 is 5.91 Å². The van der Waals surface area contributed by atoms with Crippen molar-refractivity contribution >= 4 is 116 Å². The van der Waals surface area contributed by atoms with Crippen LogP contribution in [-0.2, 0) is 27.9 Å². The number of hydrazone groups is 2. The minimum absolute atomic E-state index is 0.133. The zero-order valence-electron chi connectivity index (χ0n) is 32.4. The van der Waals surface area contributed by atoms with Gasteiger partial charge in [0.1, 0.15) is 9.92 Å². The molecule has 17 nitrogen and oxygen atoms in total. The van der Waals surface area contributed by atoms with Gasteiger partial charge in [-0.05, 0) is 54.3 Å². The van der Waals surface area contributed by atoms with Gasteiger partial charge in [0.2, 0.25) is 10.3 Å². The highest BCUT2D eigenvalue weighted by atomic mass is 32.2. The molecular formula is C41H30N12O5S5. The highest BCUT2D eigenvalue weighted by Crippen LogP contribution is 2.32. The minimum Gasteiger partial charge on any atom is -0.333 e. The van der Waals surface area contributed by atoms with Crippen molar-refractivity contribution < 1.29 is 22.8 Å². The fraction of sp³-hybridized carbons (Fsp3) is 0.0976. The Morgan fingerprint density at radius 3 is 2.49 bits per heavy atom. The molecule has 8 aromatic rings. The molecule has 0 aliphatic carbocycles. The lowest BCUT2D eigenvalue weighted by Gasteiger charge is -2.20. The number of amides is 3. The number of carbonyl (C=O) groups excluding carboxylic acids is 3. The van der Waals surface area contributed by atoms with Gasteiger partial charge in [0.05, 0.1) is 33.8 Å². The van der Waals surface area contributed by atoms with Crippen LogP contribution in [0.4, 0.5) is 21.1 Å². The second-order valence-corrected chi connectivity index (χ2v) is 19.6. The van der Waals surface area contributed by atoms with E-state index in [0.717, 1.165) is 22.5 Å².